The molecule has 144 valence electrons. The third-order valence-electron chi connectivity index (χ3n) is 5.46. The first-order chi connectivity index (χ1) is 12.7. The van der Waals surface area contributed by atoms with Gasteiger partial charge in [0.25, 0.3) is 0 Å². The number of likely N-dealkylation sites (tertiary alicyclic amines) is 2. The summed E-state index contributed by atoms with van der Waals surface area (Å²) in [4.78, 5) is 9.79. The van der Waals surface area contributed by atoms with Gasteiger partial charge in [-0.1, -0.05) is 18.2 Å². The molecule has 1 aromatic rings. The maximum absolute atomic E-state index is 6.12. The number of rotatable bonds is 5. The molecule has 26 heavy (non-hydrogen) atoms. The second-order valence-corrected chi connectivity index (χ2v) is 7.56. The Bertz CT molecular complexity index is 546. The van der Waals surface area contributed by atoms with E-state index in [1.54, 1.807) is 0 Å². The Balaban J connectivity index is 1.48. The number of ether oxygens (including phenoxy) is 1. The molecule has 0 aromatic heterocycles. The van der Waals surface area contributed by atoms with Crippen LogP contribution in [0.3, 0.4) is 0 Å². The smallest absolute Gasteiger partial charge is 0.193 e. The van der Waals surface area contributed by atoms with Gasteiger partial charge in [0.15, 0.2) is 5.96 Å². The fourth-order valence-corrected chi connectivity index (χ4v) is 3.76. The molecule has 5 nitrogen and oxygen atoms in total. The molecule has 0 aliphatic carbocycles. The van der Waals surface area contributed by atoms with Crippen molar-refractivity contribution in [1.82, 2.24) is 15.1 Å². The number of benzene rings is 1. The summed E-state index contributed by atoms with van der Waals surface area (Å²) < 4.78 is 6.12. The van der Waals surface area contributed by atoms with Crippen LogP contribution in [0.5, 0.6) is 5.75 Å². The minimum Gasteiger partial charge on any atom is -0.490 e. The second kappa shape index (κ2) is 9.81. The zero-order valence-electron chi connectivity index (χ0n) is 16.4. The molecule has 2 fully saturated rings. The normalized spacial score (nSPS) is 21.0. The molecule has 0 unspecified atom stereocenters. The van der Waals surface area contributed by atoms with Crippen LogP contribution in [0.25, 0.3) is 0 Å². The van der Waals surface area contributed by atoms with Crippen molar-refractivity contribution in [3.63, 3.8) is 0 Å². The molecule has 2 aliphatic rings. The molecule has 1 aromatic carbocycles. The average Bonchev–Trinajstić information content (AvgIpc) is 2.68. The number of nitrogens with zero attached hydrogens (tertiary/aromatic N) is 3. The molecular weight excluding hydrogens is 324 g/mol. The van der Waals surface area contributed by atoms with E-state index >= 15 is 0 Å². The summed E-state index contributed by atoms with van der Waals surface area (Å²) in [5, 5.41) is 3.49. The highest BCUT2D eigenvalue weighted by Crippen LogP contribution is 2.19. The molecule has 0 saturated carbocycles. The predicted molar refractivity (Wildman–Crippen MR) is 108 cm³/mol. The molecule has 2 saturated heterocycles. The molecule has 2 aliphatic heterocycles. The van der Waals surface area contributed by atoms with Crippen molar-refractivity contribution < 1.29 is 4.74 Å². The number of piperidine rings is 2. The lowest BCUT2D eigenvalue weighted by molar-refractivity contribution is 0.129. The van der Waals surface area contributed by atoms with Gasteiger partial charge in [-0.25, -0.2) is 0 Å². The fourth-order valence-electron chi connectivity index (χ4n) is 3.76. The number of hydrogen-bond donors (Lipinski definition) is 1. The van der Waals surface area contributed by atoms with E-state index in [-0.39, 0.29) is 0 Å². The van der Waals surface area contributed by atoms with Crippen LogP contribution in [0.2, 0.25) is 0 Å². The Kier molecular flexibility index (Phi) is 7.18. The third-order valence-corrected chi connectivity index (χ3v) is 5.46. The van der Waals surface area contributed by atoms with Crippen LogP contribution in [-0.2, 0) is 0 Å². The van der Waals surface area contributed by atoms with E-state index in [1.807, 2.05) is 30.3 Å². The summed E-state index contributed by atoms with van der Waals surface area (Å²) in [6, 6.07) is 10.2. The minimum atomic E-state index is 0.311. The zero-order valence-corrected chi connectivity index (χ0v) is 16.4. The summed E-state index contributed by atoms with van der Waals surface area (Å²) >= 11 is 0. The van der Waals surface area contributed by atoms with Crippen LogP contribution in [0.15, 0.2) is 35.3 Å². The number of hydrogen-bond acceptors (Lipinski definition) is 3. The highest BCUT2D eigenvalue weighted by atomic mass is 16.5. The van der Waals surface area contributed by atoms with Crippen molar-refractivity contribution in [3.8, 4) is 5.75 Å². The van der Waals surface area contributed by atoms with Crippen LogP contribution in [-0.4, -0.2) is 68.2 Å². The summed E-state index contributed by atoms with van der Waals surface area (Å²) in [6.45, 7) is 8.46. The van der Waals surface area contributed by atoms with E-state index in [0.29, 0.717) is 6.10 Å². The van der Waals surface area contributed by atoms with E-state index in [9.17, 15) is 0 Å². The van der Waals surface area contributed by atoms with Crippen LogP contribution >= 0.6 is 0 Å². The van der Waals surface area contributed by atoms with Crippen molar-refractivity contribution in [2.45, 2.75) is 38.7 Å². The Hall–Kier alpha value is -1.75. The van der Waals surface area contributed by atoms with Crippen LogP contribution in [0.4, 0.5) is 0 Å². The Morgan fingerprint density at radius 2 is 1.77 bits per heavy atom. The lowest BCUT2D eigenvalue weighted by atomic mass is 9.97. The Morgan fingerprint density at radius 3 is 2.42 bits per heavy atom. The van der Waals surface area contributed by atoms with Crippen molar-refractivity contribution in [2.75, 3.05) is 46.3 Å². The van der Waals surface area contributed by atoms with Gasteiger partial charge >= 0.3 is 0 Å². The SMILES string of the molecule is CCNC(=NCC1CCN(C)CC1)N1CCC(Oc2ccccc2)CC1. The maximum atomic E-state index is 6.12. The number of guanidine groups is 1. The highest BCUT2D eigenvalue weighted by molar-refractivity contribution is 5.80. The van der Waals surface area contributed by atoms with Gasteiger partial charge in [-0.3, -0.25) is 4.99 Å². The molecule has 0 amide bonds. The van der Waals surface area contributed by atoms with Gasteiger partial charge < -0.3 is 19.9 Å². The van der Waals surface area contributed by atoms with Crippen molar-refractivity contribution in [1.29, 1.82) is 0 Å². The Morgan fingerprint density at radius 1 is 1.08 bits per heavy atom. The minimum absolute atomic E-state index is 0.311. The molecule has 2 heterocycles. The molecule has 0 radical (unpaired) electrons. The van der Waals surface area contributed by atoms with Gasteiger partial charge in [-0.2, -0.15) is 0 Å². The van der Waals surface area contributed by atoms with Gasteiger partial charge in [0.2, 0.25) is 0 Å². The first-order valence-electron chi connectivity index (χ1n) is 10.2. The summed E-state index contributed by atoms with van der Waals surface area (Å²) in [7, 11) is 2.21. The average molecular weight is 359 g/mol. The van der Waals surface area contributed by atoms with Crippen molar-refractivity contribution >= 4 is 5.96 Å². The lowest BCUT2D eigenvalue weighted by Gasteiger charge is -2.35. The third kappa shape index (κ3) is 5.63. The molecular formula is C21H34N4O. The summed E-state index contributed by atoms with van der Waals surface area (Å²) in [6.07, 6.45) is 4.95. The Labute approximate surface area is 158 Å². The van der Waals surface area contributed by atoms with Gasteiger partial charge in [-0.05, 0) is 58.0 Å². The fraction of sp³-hybridized carbons (Fsp3) is 0.667. The van der Waals surface area contributed by atoms with Crippen molar-refractivity contribution in [3.05, 3.63) is 30.3 Å². The van der Waals surface area contributed by atoms with Gasteiger partial charge in [0.05, 0.1) is 0 Å². The number of aliphatic imine (C=N–C) groups is 1. The molecule has 5 heteroatoms. The van der Waals surface area contributed by atoms with E-state index < -0.39 is 0 Å². The molecule has 0 bridgehead atoms. The molecule has 0 spiro atoms. The van der Waals surface area contributed by atoms with E-state index in [2.05, 4.69) is 29.1 Å². The number of para-hydroxylation sites is 1. The van der Waals surface area contributed by atoms with Crippen LogP contribution < -0.4 is 10.1 Å². The molecule has 0 atom stereocenters. The summed E-state index contributed by atoms with van der Waals surface area (Å²) in [5.41, 5.74) is 0. The first kappa shape index (κ1) is 19.0. The maximum Gasteiger partial charge on any atom is 0.193 e. The number of nitrogens with one attached hydrogen (secondary N) is 1. The second-order valence-electron chi connectivity index (χ2n) is 7.56. The van der Waals surface area contributed by atoms with E-state index in [1.165, 1.54) is 25.9 Å². The van der Waals surface area contributed by atoms with Gasteiger partial charge in [0, 0.05) is 39.0 Å². The quantitative estimate of drug-likeness (QED) is 0.649. The van der Waals surface area contributed by atoms with Gasteiger partial charge in [-0.15, -0.1) is 0 Å². The van der Waals surface area contributed by atoms with Crippen LogP contribution in [0.1, 0.15) is 32.6 Å². The first-order valence-corrected chi connectivity index (χ1v) is 10.2. The zero-order chi connectivity index (χ0) is 18.2. The van der Waals surface area contributed by atoms with Gasteiger partial charge in [0.1, 0.15) is 11.9 Å². The highest BCUT2D eigenvalue weighted by Gasteiger charge is 2.23. The standard InChI is InChI=1S/C21H34N4O/c1-3-22-21(23-17-18-9-13-24(2)14-10-18)25-15-11-20(12-16-25)26-19-7-5-4-6-8-19/h4-8,18,20H,3,9-17H2,1-2H3,(H,22,23). The topological polar surface area (TPSA) is 40.1 Å². The van der Waals surface area contributed by atoms with E-state index in [0.717, 1.165) is 56.6 Å². The van der Waals surface area contributed by atoms with Crippen LogP contribution in [0, 0.1) is 5.92 Å². The van der Waals surface area contributed by atoms with Crippen molar-refractivity contribution in [2.24, 2.45) is 10.9 Å². The molecule has 3 rings (SSSR count). The lowest BCUT2D eigenvalue weighted by Crippen LogP contribution is -2.47. The largest absolute Gasteiger partial charge is 0.490 e. The molecule has 1 N–H and O–H groups in total. The summed E-state index contributed by atoms with van der Waals surface area (Å²) in [5.74, 6) is 2.80. The monoisotopic (exact) mass is 358 g/mol. The van der Waals surface area contributed by atoms with E-state index in [4.69, 9.17) is 9.73 Å². The predicted octanol–water partition coefficient (Wildman–Crippen LogP) is 2.84.